The molecule has 6 rings (SSSR count). The molecule has 0 saturated carbocycles. The van der Waals surface area contributed by atoms with E-state index < -0.39 is 6.04 Å². The van der Waals surface area contributed by atoms with Crippen LogP contribution in [0.4, 0.5) is 11.7 Å². The number of para-hydroxylation sites is 1. The molecular formula is C36H35N3O4. The van der Waals surface area contributed by atoms with Crippen molar-refractivity contribution in [1.29, 1.82) is 0 Å². The summed E-state index contributed by atoms with van der Waals surface area (Å²) in [5, 5.41) is 6.67. The molecule has 2 unspecified atom stereocenters. The monoisotopic (exact) mass is 573 g/mol. The van der Waals surface area contributed by atoms with Crippen LogP contribution in [0.2, 0.25) is 0 Å². The Morgan fingerprint density at radius 3 is 2.63 bits per heavy atom. The number of nitrogens with zero attached hydrogens (tertiary/aromatic N) is 1. The summed E-state index contributed by atoms with van der Waals surface area (Å²) in [5.41, 5.74) is 8.52. The van der Waals surface area contributed by atoms with Crippen molar-refractivity contribution in [2.45, 2.75) is 45.1 Å². The van der Waals surface area contributed by atoms with Gasteiger partial charge in [-0.25, -0.2) is 0 Å². The molecule has 0 radical (unpaired) electrons. The number of ether oxygens (including phenoxy) is 1. The number of rotatable bonds is 10. The first kappa shape index (κ1) is 28.4. The quantitative estimate of drug-likeness (QED) is 0.174. The number of hydrogen-bond acceptors (Lipinski definition) is 7. The van der Waals surface area contributed by atoms with E-state index in [4.69, 9.17) is 9.15 Å². The topological polar surface area (TPSA) is 93.5 Å². The maximum absolute atomic E-state index is 13.6. The van der Waals surface area contributed by atoms with E-state index in [9.17, 15) is 9.59 Å². The lowest BCUT2D eigenvalue weighted by molar-refractivity contribution is -0.143. The molecule has 1 aliphatic rings. The maximum Gasteiger partial charge on any atom is 0.306 e. The molecule has 2 N–H and O–H groups in total. The lowest BCUT2D eigenvalue weighted by atomic mass is 9.83. The highest BCUT2D eigenvalue weighted by Gasteiger charge is 2.28. The molecule has 0 aliphatic carbocycles. The summed E-state index contributed by atoms with van der Waals surface area (Å²) < 4.78 is 11.3. The van der Waals surface area contributed by atoms with Gasteiger partial charge in [0.2, 0.25) is 0 Å². The molecule has 43 heavy (non-hydrogen) atoms. The Bertz CT molecular complexity index is 1760. The molecule has 2 atom stereocenters. The number of esters is 1. The van der Waals surface area contributed by atoms with Gasteiger partial charge in [-0.05, 0) is 71.8 Å². The van der Waals surface area contributed by atoms with Crippen molar-refractivity contribution in [2.24, 2.45) is 0 Å². The fraction of sp³-hybridized carbons (Fsp3) is 0.250. The number of nitrogens with one attached hydrogen (secondary N) is 2. The lowest BCUT2D eigenvalue weighted by Gasteiger charge is -2.28. The van der Waals surface area contributed by atoms with Crippen LogP contribution >= 0.6 is 0 Å². The largest absolute Gasteiger partial charge is 0.466 e. The first-order chi connectivity index (χ1) is 21.0. The number of carbonyl (C=O) groups is 2. The Hall–Kier alpha value is -4.75. The smallest absolute Gasteiger partial charge is 0.306 e. The molecular weight excluding hydrogens is 538 g/mol. The van der Waals surface area contributed by atoms with Crippen LogP contribution in [-0.2, 0) is 27.2 Å². The third kappa shape index (κ3) is 6.37. The van der Waals surface area contributed by atoms with Crippen molar-refractivity contribution in [3.8, 4) is 0 Å². The van der Waals surface area contributed by atoms with Crippen molar-refractivity contribution >= 4 is 34.6 Å². The van der Waals surface area contributed by atoms with Crippen LogP contribution in [0.25, 0.3) is 11.1 Å². The van der Waals surface area contributed by atoms with E-state index in [1.807, 2.05) is 98.8 Å². The van der Waals surface area contributed by atoms with Crippen LogP contribution in [-0.4, -0.2) is 29.9 Å². The van der Waals surface area contributed by atoms with Crippen LogP contribution in [0.1, 0.15) is 58.7 Å². The van der Waals surface area contributed by atoms with Crippen molar-refractivity contribution in [3.63, 3.8) is 0 Å². The molecule has 1 aromatic heterocycles. The second-order valence-electron chi connectivity index (χ2n) is 11.0. The minimum absolute atomic E-state index is 0.0944. The molecule has 7 nitrogen and oxygen atoms in total. The predicted molar refractivity (Wildman–Crippen MR) is 168 cm³/mol. The molecule has 0 spiro atoms. The molecule has 0 saturated heterocycles. The van der Waals surface area contributed by atoms with Crippen LogP contribution in [0, 0.1) is 6.92 Å². The number of fused-ring (bicyclic) bond motifs is 2. The van der Waals surface area contributed by atoms with E-state index in [-0.39, 0.29) is 30.5 Å². The maximum atomic E-state index is 13.6. The zero-order valence-electron chi connectivity index (χ0n) is 24.4. The standard InChI is InChI=1S/C36H35N3O4/c1-3-42-34(41)22-29(25-10-5-4-6-11-25)26-14-15-28-27(21-26)17-18-37-35(28)32(40)19-24-13-16-31-33(20-24)43-36(39-31)38-30-12-8-7-9-23(30)2/h4-16,20-21,29,35,37H,3,17-19,22H2,1-2H3,(H,38,39). The second kappa shape index (κ2) is 12.6. The van der Waals surface area contributed by atoms with Gasteiger partial charge in [-0.2, -0.15) is 4.98 Å². The highest BCUT2D eigenvalue weighted by atomic mass is 16.5. The Morgan fingerprint density at radius 1 is 1.00 bits per heavy atom. The summed E-state index contributed by atoms with van der Waals surface area (Å²) in [7, 11) is 0. The van der Waals surface area contributed by atoms with Crippen molar-refractivity contribution < 1.29 is 18.7 Å². The highest BCUT2D eigenvalue weighted by Crippen LogP contribution is 2.33. The summed E-state index contributed by atoms with van der Waals surface area (Å²) in [6.45, 7) is 4.91. The van der Waals surface area contributed by atoms with E-state index >= 15 is 0 Å². The zero-order valence-corrected chi connectivity index (χ0v) is 24.4. The van der Waals surface area contributed by atoms with E-state index in [1.165, 1.54) is 0 Å². The SMILES string of the molecule is CCOC(=O)CC(c1ccccc1)c1ccc2c(c1)CCNC2C(=O)Cc1ccc2nc(Nc3ccccc3C)oc2c1. The van der Waals surface area contributed by atoms with Gasteiger partial charge in [-0.3, -0.25) is 9.59 Å². The van der Waals surface area contributed by atoms with Gasteiger partial charge < -0.3 is 19.8 Å². The minimum Gasteiger partial charge on any atom is -0.466 e. The summed E-state index contributed by atoms with van der Waals surface area (Å²) in [5.74, 6) is -0.240. The van der Waals surface area contributed by atoms with Gasteiger partial charge in [-0.15, -0.1) is 0 Å². The molecule has 218 valence electrons. The van der Waals surface area contributed by atoms with Gasteiger partial charge in [-0.1, -0.05) is 72.8 Å². The summed E-state index contributed by atoms with van der Waals surface area (Å²) in [4.78, 5) is 30.7. The second-order valence-corrected chi connectivity index (χ2v) is 11.0. The number of hydrogen-bond donors (Lipinski definition) is 2. The third-order valence-corrected chi connectivity index (χ3v) is 8.04. The van der Waals surface area contributed by atoms with E-state index in [1.54, 1.807) is 0 Å². The number of benzene rings is 4. The Morgan fingerprint density at radius 2 is 1.81 bits per heavy atom. The van der Waals surface area contributed by atoms with Crippen molar-refractivity contribution in [3.05, 3.63) is 124 Å². The summed E-state index contributed by atoms with van der Waals surface area (Å²) in [6, 6.07) is 30.0. The highest BCUT2D eigenvalue weighted by molar-refractivity contribution is 5.89. The number of anilines is 2. The van der Waals surface area contributed by atoms with Crippen molar-refractivity contribution in [1.82, 2.24) is 10.3 Å². The summed E-state index contributed by atoms with van der Waals surface area (Å²) >= 11 is 0. The van der Waals surface area contributed by atoms with E-state index in [0.717, 1.165) is 51.0 Å². The molecule has 0 fully saturated rings. The first-order valence-corrected chi connectivity index (χ1v) is 14.8. The predicted octanol–water partition coefficient (Wildman–Crippen LogP) is 6.96. The number of aryl methyl sites for hydroxylation is 1. The van der Waals surface area contributed by atoms with Gasteiger partial charge in [0.1, 0.15) is 5.52 Å². The molecule has 4 aromatic carbocycles. The van der Waals surface area contributed by atoms with Crippen molar-refractivity contribution in [2.75, 3.05) is 18.5 Å². The fourth-order valence-electron chi connectivity index (χ4n) is 5.85. The third-order valence-electron chi connectivity index (χ3n) is 8.04. The van der Waals surface area contributed by atoms with Gasteiger partial charge in [0.15, 0.2) is 11.4 Å². The normalized spacial score (nSPS) is 15.1. The number of oxazole rings is 1. The number of carbonyl (C=O) groups excluding carboxylic acids is 2. The lowest BCUT2D eigenvalue weighted by Crippen LogP contribution is -2.36. The fourth-order valence-corrected chi connectivity index (χ4v) is 5.85. The number of ketones is 1. The average Bonchev–Trinajstić information content (AvgIpc) is 3.42. The van der Waals surface area contributed by atoms with Gasteiger partial charge in [0.25, 0.3) is 6.01 Å². The molecule has 7 heteroatoms. The number of aromatic nitrogens is 1. The molecule has 5 aromatic rings. The van der Waals surface area contributed by atoms with Crippen LogP contribution in [0.5, 0.6) is 0 Å². The van der Waals surface area contributed by atoms with E-state index in [2.05, 4.69) is 21.7 Å². The average molecular weight is 574 g/mol. The molecule has 0 bridgehead atoms. The molecule has 1 aliphatic heterocycles. The Labute approximate surface area is 251 Å². The van der Waals surface area contributed by atoms with Gasteiger partial charge in [0.05, 0.1) is 19.1 Å². The summed E-state index contributed by atoms with van der Waals surface area (Å²) in [6.07, 6.45) is 1.35. The van der Waals surface area contributed by atoms with Crippen LogP contribution in [0.3, 0.4) is 0 Å². The minimum atomic E-state index is -0.401. The van der Waals surface area contributed by atoms with Crippen LogP contribution in [0.15, 0.2) is 95.4 Å². The molecule has 0 amide bonds. The molecule has 2 heterocycles. The first-order valence-electron chi connectivity index (χ1n) is 14.8. The number of Topliss-reactive ketones (excluding diaryl/α,β-unsaturated/α-hetero) is 1. The van der Waals surface area contributed by atoms with Gasteiger partial charge in [0, 0.05) is 24.6 Å². The Balaban J connectivity index is 1.20. The van der Waals surface area contributed by atoms with Crippen LogP contribution < -0.4 is 10.6 Å². The van der Waals surface area contributed by atoms with E-state index in [0.29, 0.717) is 24.7 Å². The van der Waals surface area contributed by atoms with Gasteiger partial charge >= 0.3 is 5.97 Å². The zero-order chi connectivity index (χ0) is 29.8. The Kier molecular flexibility index (Phi) is 8.34.